The molecular formula is C8H8NNaO2. The molecular weight excluding hydrogens is 165 g/mol. The van der Waals surface area contributed by atoms with Crippen LogP contribution in [0.2, 0.25) is 0 Å². The number of aliphatic carboxylic acids is 1. The van der Waals surface area contributed by atoms with Gasteiger partial charge in [0.1, 0.15) is 0 Å². The zero-order valence-corrected chi connectivity index (χ0v) is 8.99. The van der Waals surface area contributed by atoms with E-state index in [0.717, 1.165) is 5.69 Å². The molecule has 0 saturated heterocycles. The molecule has 0 aliphatic carbocycles. The standard InChI is InChI=1S/C8H9NO2.Na/c10-8(11)5-4-7-3-1-2-6-9-7;/h1-3,6H,4-5H2,(H,10,11);/q;+1/p-1. The van der Waals surface area contributed by atoms with Gasteiger partial charge in [0.25, 0.3) is 0 Å². The summed E-state index contributed by atoms with van der Waals surface area (Å²) in [5.41, 5.74) is 0.789. The Hall–Kier alpha value is -0.380. The molecule has 0 N–H and O–H groups in total. The van der Waals surface area contributed by atoms with Crippen LogP contribution in [0.15, 0.2) is 24.4 Å². The number of nitrogens with zero attached hydrogens (tertiary/aromatic N) is 1. The number of aryl methyl sites for hydroxylation is 1. The van der Waals surface area contributed by atoms with Gasteiger partial charge in [-0.1, -0.05) is 6.07 Å². The molecule has 1 aromatic rings. The van der Waals surface area contributed by atoms with Gasteiger partial charge in [-0.2, -0.15) is 0 Å². The maximum absolute atomic E-state index is 10.0. The molecule has 0 fully saturated rings. The van der Waals surface area contributed by atoms with E-state index in [1.54, 1.807) is 18.3 Å². The summed E-state index contributed by atoms with van der Waals surface area (Å²) in [5, 5.41) is 10.0. The van der Waals surface area contributed by atoms with Gasteiger partial charge in [-0.15, -0.1) is 0 Å². The SMILES string of the molecule is O=C([O-])CCc1ccccn1.[Na+]. The molecule has 1 heterocycles. The normalized spacial score (nSPS) is 8.67. The molecule has 0 bridgehead atoms. The predicted molar refractivity (Wildman–Crippen MR) is 37.6 cm³/mol. The zero-order chi connectivity index (χ0) is 8.10. The predicted octanol–water partition coefficient (Wildman–Crippen LogP) is -3.23. The molecule has 12 heavy (non-hydrogen) atoms. The van der Waals surface area contributed by atoms with Crippen molar-refractivity contribution in [3.05, 3.63) is 30.1 Å². The van der Waals surface area contributed by atoms with Crippen molar-refractivity contribution in [2.24, 2.45) is 0 Å². The summed E-state index contributed by atoms with van der Waals surface area (Å²) in [6.45, 7) is 0. The maximum atomic E-state index is 10.0. The van der Waals surface area contributed by atoms with Crippen molar-refractivity contribution in [3.8, 4) is 0 Å². The smallest absolute Gasteiger partial charge is 0.550 e. The van der Waals surface area contributed by atoms with E-state index in [0.29, 0.717) is 6.42 Å². The van der Waals surface area contributed by atoms with E-state index in [9.17, 15) is 9.90 Å². The van der Waals surface area contributed by atoms with Crippen LogP contribution in [0, 0.1) is 0 Å². The zero-order valence-electron chi connectivity index (χ0n) is 6.99. The van der Waals surface area contributed by atoms with Gasteiger partial charge in [0.15, 0.2) is 0 Å². The van der Waals surface area contributed by atoms with Crippen LogP contribution in [0.25, 0.3) is 0 Å². The molecule has 1 rings (SSSR count). The Balaban J connectivity index is 0.00000121. The van der Waals surface area contributed by atoms with E-state index in [1.807, 2.05) is 6.07 Å². The second kappa shape index (κ2) is 6.17. The molecule has 4 heteroatoms. The first-order valence-electron chi connectivity index (χ1n) is 3.39. The van der Waals surface area contributed by atoms with Crippen molar-refractivity contribution in [3.63, 3.8) is 0 Å². The fraction of sp³-hybridized carbons (Fsp3) is 0.250. The Morgan fingerprint density at radius 2 is 2.25 bits per heavy atom. The Labute approximate surface area is 93.1 Å². The van der Waals surface area contributed by atoms with E-state index in [2.05, 4.69) is 4.98 Å². The summed E-state index contributed by atoms with van der Waals surface area (Å²) in [6, 6.07) is 5.42. The Morgan fingerprint density at radius 3 is 2.75 bits per heavy atom. The van der Waals surface area contributed by atoms with Crippen LogP contribution in [0.5, 0.6) is 0 Å². The second-order valence-electron chi connectivity index (χ2n) is 2.19. The van der Waals surface area contributed by atoms with Gasteiger partial charge in [0, 0.05) is 17.9 Å². The summed E-state index contributed by atoms with van der Waals surface area (Å²) in [4.78, 5) is 14.0. The van der Waals surface area contributed by atoms with Gasteiger partial charge < -0.3 is 9.90 Å². The van der Waals surface area contributed by atoms with Gasteiger partial charge in [0.2, 0.25) is 0 Å². The molecule has 0 amide bonds. The maximum Gasteiger partial charge on any atom is 1.00 e. The Kier molecular flexibility index (Phi) is 5.98. The van der Waals surface area contributed by atoms with Gasteiger partial charge >= 0.3 is 29.6 Å². The van der Waals surface area contributed by atoms with Crippen LogP contribution in [0.3, 0.4) is 0 Å². The number of hydrogen-bond acceptors (Lipinski definition) is 3. The minimum absolute atomic E-state index is 0. The number of carbonyl (C=O) groups excluding carboxylic acids is 1. The van der Waals surface area contributed by atoms with Crippen LogP contribution in [0.4, 0.5) is 0 Å². The number of pyridine rings is 1. The van der Waals surface area contributed by atoms with E-state index in [1.165, 1.54) is 0 Å². The third-order valence-corrected chi connectivity index (χ3v) is 1.31. The van der Waals surface area contributed by atoms with Crippen LogP contribution < -0.4 is 34.7 Å². The summed E-state index contributed by atoms with van der Waals surface area (Å²) in [6.07, 6.45) is 2.13. The number of carboxylic acid groups (broad SMARTS) is 1. The van der Waals surface area contributed by atoms with Crippen LogP contribution in [-0.4, -0.2) is 11.0 Å². The molecule has 0 aromatic carbocycles. The number of hydrogen-bond donors (Lipinski definition) is 0. The van der Waals surface area contributed by atoms with Gasteiger partial charge in [-0.3, -0.25) is 4.98 Å². The van der Waals surface area contributed by atoms with E-state index in [-0.39, 0.29) is 36.0 Å². The molecule has 58 valence electrons. The molecule has 0 saturated carbocycles. The summed E-state index contributed by atoms with van der Waals surface area (Å²) >= 11 is 0. The fourth-order valence-corrected chi connectivity index (χ4v) is 0.776. The number of carbonyl (C=O) groups is 1. The largest absolute Gasteiger partial charge is 1.00 e. The van der Waals surface area contributed by atoms with Gasteiger partial charge in [-0.25, -0.2) is 0 Å². The van der Waals surface area contributed by atoms with Crippen molar-refractivity contribution in [1.29, 1.82) is 0 Å². The van der Waals surface area contributed by atoms with Crippen molar-refractivity contribution in [2.75, 3.05) is 0 Å². The minimum Gasteiger partial charge on any atom is -0.550 e. The summed E-state index contributed by atoms with van der Waals surface area (Å²) < 4.78 is 0. The Morgan fingerprint density at radius 1 is 1.50 bits per heavy atom. The molecule has 0 spiro atoms. The van der Waals surface area contributed by atoms with Crippen molar-refractivity contribution >= 4 is 5.97 Å². The van der Waals surface area contributed by atoms with Gasteiger partial charge in [0.05, 0.1) is 0 Å². The molecule has 0 atom stereocenters. The van der Waals surface area contributed by atoms with Crippen molar-refractivity contribution in [2.45, 2.75) is 12.8 Å². The Bertz CT molecular complexity index is 238. The summed E-state index contributed by atoms with van der Waals surface area (Å²) in [7, 11) is 0. The molecule has 0 aliphatic heterocycles. The first-order valence-corrected chi connectivity index (χ1v) is 3.39. The number of rotatable bonds is 3. The fourth-order valence-electron chi connectivity index (χ4n) is 0.776. The number of carboxylic acids is 1. The summed E-state index contributed by atoms with van der Waals surface area (Å²) in [5.74, 6) is -1.03. The average Bonchev–Trinajstić information content (AvgIpc) is 2.03. The minimum atomic E-state index is -1.03. The van der Waals surface area contributed by atoms with Crippen molar-refractivity contribution < 1.29 is 39.5 Å². The molecule has 0 unspecified atom stereocenters. The van der Waals surface area contributed by atoms with Gasteiger partial charge in [-0.05, 0) is 25.0 Å². The monoisotopic (exact) mass is 173 g/mol. The molecule has 0 aliphatic rings. The third-order valence-electron chi connectivity index (χ3n) is 1.31. The van der Waals surface area contributed by atoms with Crippen molar-refractivity contribution in [1.82, 2.24) is 4.98 Å². The third kappa shape index (κ3) is 4.49. The quantitative estimate of drug-likeness (QED) is 0.451. The average molecular weight is 173 g/mol. The molecule has 0 radical (unpaired) electrons. The van der Waals surface area contributed by atoms with E-state index >= 15 is 0 Å². The van der Waals surface area contributed by atoms with Crippen LogP contribution in [0.1, 0.15) is 12.1 Å². The topological polar surface area (TPSA) is 53.0 Å². The second-order valence-corrected chi connectivity index (χ2v) is 2.19. The molecule has 3 nitrogen and oxygen atoms in total. The first-order chi connectivity index (χ1) is 5.29. The van der Waals surface area contributed by atoms with Crippen LogP contribution in [-0.2, 0) is 11.2 Å². The first kappa shape index (κ1) is 11.6. The van der Waals surface area contributed by atoms with Crippen LogP contribution >= 0.6 is 0 Å². The van der Waals surface area contributed by atoms with E-state index < -0.39 is 5.97 Å². The molecule has 1 aromatic heterocycles. The number of aromatic nitrogens is 1. The van der Waals surface area contributed by atoms with E-state index in [4.69, 9.17) is 0 Å².